The van der Waals surface area contributed by atoms with Crippen molar-refractivity contribution in [2.24, 2.45) is 0 Å². The second kappa shape index (κ2) is 6.43. The predicted molar refractivity (Wildman–Crippen MR) is 88.9 cm³/mol. The van der Waals surface area contributed by atoms with Gasteiger partial charge in [0.15, 0.2) is 11.3 Å². The van der Waals surface area contributed by atoms with Crippen LogP contribution in [0.25, 0.3) is 11.0 Å². The molecule has 2 heterocycles. The molecule has 0 aliphatic carbocycles. The number of urea groups is 1. The topological polar surface area (TPSA) is 83.8 Å². The summed E-state index contributed by atoms with van der Waals surface area (Å²) >= 11 is 0. The zero-order valence-corrected chi connectivity index (χ0v) is 14.0. The second-order valence-corrected chi connectivity index (χ2v) is 5.86. The SMILES string of the molecule is COc1cccc2cc([C@@H](C)NC(=O)N3CCNC(=O)[C@H]3C)oc12. The first kappa shape index (κ1) is 16.2. The summed E-state index contributed by atoms with van der Waals surface area (Å²) in [5, 5.41) is 6.54. The first-order valence-corrected chi connectivity index (χ1v) is 7.92. The van der Waals surface area contributed by atoms with Gasteiger partial charge in [-0.15, -0.1) is 0 Å². The molecule has 0 spiro atoms. The minimum atomic E-state index is -0.485. The van der Waals surface area contributed by atoms with Gasteiger partial charge in [0.2, 0.25) is 5.91 Å². The van der Waals surface area contributed by atoms with Crippen LogP contribution >= 0.6 is 0 Å². The molecule has 7 heteroatoms. The number of nitrogens with zero attached hydrogens (tertiary/aromatic N) is 1. The fourth-order valence-electron chi connectivity index (χ4n) is 2.83. The number of hydrogen-bond acceptors (Lipinski definition) is 4. The number of para-hydroxylation sites is 1. The van der Waals surface area contributed by atoms with Crippen molar-refractivity contribution in [1.29, 1.82) is 0 Å². The largest absolute Gasteiger partial charge is 0.493 e. The van der Waals surface area contributed by atoms with Crippen LogP contribution in [-0.4, -0.2) is 43.1 Å². The van der Waals surface area contributed by atoms with E-state index in [1.165, 1.54) is 4.90 Å². The molecule has 1 aliphatic heterocycles. The van der Waals surface area contributed by atoms with Crippen molar-refractivity contribution >= 4 is 22.9 Å². The summed E-state index contributed by atoms with van der Waals surface area (Å²) in [4.78, 5) is 25.7. The molecule has 1 fully saturated rings. The van der Waals surface area contributed by atoms with Crippen LogP contribution in [0.3, 0.4) is 0 Å². The number of benzene rings is 1. The Bertz CT molecular complexity index is 770. The van der Waals surface area contributed by atoms with Crippen LogP contribution in [0.4, 0.5) is 4.79 Å². The third-order valence-electron chi connectivity index (χ3n) is 4.27. The van der Waals surface area contributed by atoms with Crippen molar-refractivity contribution in [3.63, 3.8) is 0 Å². The van der Waals surface area contributed by atoms with Gasteiger partial charge in [0.05, 0.1) is 13.2 Å². The molecular weight excluding hydrogens is 310 g/mol. The van der Waals surface area contributed by atoms with Crippen molar-refractivity contribution in [2.45, 2.75) is 25.9 Å². The standard InChI is InChI=1S/C17H21N3O4/c1-10(19-17(22)20-8-7-18-16(21)11(20)2)14-9-12-5-4-6-13(23-3)15(12)24-14/h4-6,9-11H,7-8H2,1-3H3,(H,18,21)(H,19,22)/t10-,11-/m1/s1. The van der Waals surface area contributed by atoms with E-state index in [-0.39, 0.29) is 18.0 Å². The smallest absolute Gasteiger partial charge is 0.318 e. The average molecular weight is 331 g/mol. The predicted octanol–water partition coefficient (Wildman–Crippen LogP) is 2.03. The molecule has 1 aromatic heterocycles. The van der Waals surface area contributed by atoms with E-state index in [1.54, 1.807) is 14.0 Å². The molecule has 3 rings (SSSR count). The van der Waals surface area contributed by atoms with Crippen molar-refractivity contribution in [1.82, 2.24) is 15.5 Å². The summed E-state index contributed by atoms with van der Waals surface area (Å²) in [7, 11) is 1.59. The number of methoxy groups -OCH3 is 1. The summed E-state index contributed by atoms with van der Waals surface area (Å²) in [6, 6.07) is 6.43. The Balaban J connectivity index is 1.76. The Morgan fingerprint density at radius 3 is 3.04 bits per heavy atom. The van der Waals surface area contributed by atoms with Gasteiger partial charge in [-0.2, -0.15) is 0 Å². The van der Waals surface area contributed by atoms with Crippen LogP contribution in [0.2, 0.25) is 0 Å². The van der Waals surface area contributed by atoms with E-state index in [9.17, 15) is 9.59 Å². The van der Waals surface area contributed by atoms with Gasteiger partial charge >= 0.3 is 6.03 Å². The van der Waals surface area contributed by atoms with Gasteiger partial charge in [0.1, 0.15) is 11.8 Å². The van der Waals surface area contributed by atoms with Gasteiger partial charge in [0, 0.05) is 18.5 Å². The van der Waals surface area contributed by atoms with E-state index in [0.717, 1.165) is 5.39 Å². The summed E-state index contributed by atoms with van der Waals surface area (Å²) in [5.74, 6) is 1.15. The number of fused-ring (bicyclic) bond motifs is 1. The first-order chi connectivity index (χ1) is 11.5. The zero-order chi connectivity index (χ0) is 17.3. The molecule has 0 bridgehead atoms. The molecule has 2 aromatic rings. The van der Waals surface area contributed by atoms with Crippen LogP contribution in [0, 0.1) is 0 Å². The number of rotatable bonds is 3. The van der Waals surface area contributed by atoms with Crippen LogP contribution in [0.1, 0.15) is 25.6 Å². The van der Waals surface area contributed by atoms with Crippen molar-refractivity contribution in [2.75, 3.05) is 20.2 Å². The third kappa shape index (κ3) is 2.89. The number of carbonyl (C=O) groups excluding carboxylic acids is 2. The van der Waals surface area contributed by atoms with E-state index in [0.29, 0.717) is 30.2 Å². The van der Waals surface area contributed by atoms with Crippen molar-refractivity contribution in [3.05, 3.63) is 30.0 Å². The molecule has 1 saturated heterocycles. The Morgan fingerprint density at radius 1 is 1.50 bits per heavy atom. The zero-order valence-electron chi connectivity index (χ0n) is 14.0. The average Bonchev–Trinajstić information content (AvgIpc) is 3.01. The Kier molecular flexibility index (Phi) is 4.33. The van der Waals surface area contributed by atoms with E-state index in [1.807, 2.05) is 31.2 Å². The highest BCUT2D eigenvalue weighted by Gasteiger charge is 2.30. The first-order valence-electron chi connectivity index (χ1n) is 7.92. The van der Waals surface area contributed by atoms with Gasteiger partial charge < -0.3 is 24.7 Å². The van der Waals surface area contributed by atoms with Crippen LogP contribution < -0.4 is 15.4 Å². The molecule has 7 nitrogen and oxygen atoms in total. The molecular formula is C17H21N3O4. The molecule has 2 atom stereocenters. The number of furan rings is 1. The van der Waals surface area contributed by atoms with Crippen LogP contribution in [0.15, 0.2) is 28.7 Å². The van der Waals surface area contributed by atoms with E-state index in [4.69, 9.17) is 9.15 Å². The molecule has 0 radical (unpaired) electrons. The lowest BCUT2D eigenvalue weighted by atomic mass is 10.2. The highest BCUT2D eigenvalue weighted by atomic mass is 16.5. The molecule has 1 aromatic carbocycles. The van der Waals surface area contributed by atoms with Gasteiger partial charge in [-0.3, -0.25) is 4.79 Å². The molecule has 0 unspecified atom stereocenters. The number of nitrogens with one attached hydrogen (secondary N) is 2. The molecule has 3 amide bonds. The number of ether oxygens (including phenoxy) is 1. The number of carbonyl (C=O) groups is 2. The van der Waals surface area contributed by atoms with Gasteiger partial charge in [-0.05, 0) is 26.0 Å². The maximum absolute atomic E-state index is 12.4. The number of amides is 3. The van der Waals surface area contributed by atoms with E-state index in [2.05, 4.69) is 10.6 Å². The number of hydrogen-bond donors (Lipinski definition) is 2. The molecule has 2 N–H and O–H groups in total. The van der Waals surface area contributed by atoms with Gasteiger partial charge in [0.25, 0.3) is 0 Å². The highest BCUT2D eigenvalue weighted by molar-refractivity contribution is 5.88. The quantitative estimate of drug-likeness (QED) is 0.901. The summed E-state index contributed by atoms with van der Waals surface area (Å²) < 4.78 is 11.1. The van der Waals surface area contributed by atoms with Crippen LogP contribution in [-0.2, 0) is 4.79 Å². The lowest BCUT2D eigenvalue weighted by Gasteiger charge is -2.33. The maximum Gasteiger partial charge on any atom is 0.318 e. The monoisotopic (exact) mass is 331 g/mol. The normalized spacial score (nSPS) is 19.0. The fraction of sp³-hybridized carbons (Fsp3) is 0.412. The second-order valence-electron chi connectivity index (χ2n) is 5.86. The minimum absolute atomic E-state index is 0.141. The van der Waals surface area contributed by atoms with Crippen molar-refractivity contribution < 1.29 is 18.7 Å². The van der Waals surface area contributed by atoms with Gasteiger partial charge in [-0.25, -0.2) is 4.79 Å². The Labute approximate surface area is 139 Å². The Hall–Kier alpha value is -2.70. The minimum Gasteiger partial charge on any atom is -0.493 e. The third-order valence-corrected chi connectivity index (χ3v) is 4.27. The molecule has 0 saturated carbocycles. The van der Waals surface area contributed by atoms with Crippen LogP contribution in [0.5, 0.6) is 5.75 Å². The Morgan fingerprint density at radius 2 is 2.29 bits per heavy atom. The van der Waals surface area contributed by atoms with Crippen molar-refractivity contribution in [3.8, 4) is 5.75 Å². The molecule has 1 aliphatic rings. The maximum atomic E-state index is 12.4. The molecule has 128 valence electrons. The lowest BCUT2D eigenvalue weighted by molar-refractivity contribution is -0.126. The summed E-state index contributed by atoms with van der Waals surface area (Å²) in [6.07, 6.45) is 0. The van der Waals surface area contributed by atoms with Gasteiger partial charge in [-0.1, -0.05) is 12.1 Å². The fourth-order valence-corrected chi connectivity index (χ4v) is 2.83. The summed E-state index contributed by atoms with van der Waals surface area (Å²) in [5.41, 5.74) is 0.654. The van der Waals surface area contributed by atoms with E-state index < -0.39 is 6.04 Å². The lowest BCUT2D eigenvalue weighted by Crippen LogP contribution is -2.58. The highest BCUT2D eigenvalue weighted by Crippen LogP contribution is 2.30. The van der Waals surface area contributed by atoms with E-state index >= 15 is 0 Å². The number of piperazine rings is 1. The summed E-state index contributed by atoms with van der Waals surface area (Å²) in [6.45, 7) is 4.51. The molecule has 24 heavy (non-hydrogen) atoms.